The predicted octanol–water partition coefficient (Wildman–Crippen LogP) is 6.04. The third-order valence-corrected chi connectivity index (χ3v) is 7.48. The van der Waals surface area contributed by atoms with Gasteiger partial charge in [-0.15, -0.1) is 11.8 Å². The Labute approximate surface area is 216 Å². The zero-order chi connectivity index (χ0) is 24.7. The van der Waals surface area contributed by atoms with E-state index >= 15 is 0 Å². The molecular formula is C30H30N2O3S. The molecule has 184 valence electrons. The third-order valence-electron chi connectivity index (χ3n) is 6.40. The van der Waals surface area contributed by atoms with Gasteiger partial charge in [0, 0.05) is 30.5 Å². The van der Waals surface area contributed by atoms with Gasteiger partial charge in [-0.2, -0.15) is 0 Å². The van der Waals surface area contributed by atoms with E-state index in [1.54, 1.807) is 11.8 Å². The van der Waals surface area contributed by atoms with Crippen LogP contribution < -0.4 is 5.73 Å². The first-order valence-corrected chi connectivity index (χ1v) is 13.1. The Morgan fingerprint density at radius 1 is 0.861 bits per heavy atom. The highest BCUT2D eigenvalue weighted by atomic mass is 32.2. The summed E-state index contributed by atoms with van der Waals surface area (Å²) < 4.78 is 12.9. The molecule has 0 saturated carbocycles. The Hall–Kier alpha value is -3.00. The van der Waals surface area contributed by atoms with E-state index in [4.69, 9.17) is 15.2 Å². The van der Waals surface area contributed by atoms with Crippen LogP contribution in [0.3, 0.4) is 0 Å². The number of aromatic nitrogens is 1. The molecule has 0 spiro atoms. The summed E-state index contributed by atoms with van der Waals surface area (Å²) in [6, 6.07) is 30.5. The number of nitrogens with zero attached hydrogens (tertiary/aromatic N) is 1. The van der Waals surface area contributed by atoms with Crippen LogP contribution in [0.1, 0.15) is 41.1 Å². The normalized spacial score (nSPS) is 19.8. The standard InChI is InChI=1S/C30H30N2O3S/c31-18-25-5-1-2-6-27(25)22-12-14-24(15-13-22)30-34-26(20-36-29-7-3-4-16-32-29)17-28(35-30)23-10-8-21(19-33)9-11-23/h1-16,26,28,30,33H,17-20,31H2. The highest BCUT2D eigenvalue weighted by molar-refractivity contribution is 7.99. The Morgan fingerprint density at radius 3 is 2.33 bits per heavy atom. The van der Waals surface area contributed by atoms with Gasteiger partial charge in [-0.05, 0) is 39.9 Å². The number of aliphatic hydroxyl groups is 1. The van der Waals surface area contributed by atoms with E-state index in [1.807, 2.05) is 60.8 Å². The van der Waals surface area contributed by atoms with Crippen molar-refractivity contribution in [3.8, 4) is 11.1 Å². The van der Waals surface area contributed by atoms with Crippen molar-refractivity contribution in [2.75, 3.05) is 5.75 Å². The average Bonchev–Trinajstić information content (AvgIpc) is 2.96. The van der Waals surface area contributed by atoms with Crippen molar-refractivity contribution in [3.05, 3.63) is 119 Å². The molecule has 3 unspecified atom stereocenters. The highest BCUT2D eigenvalue weighted by Gasteiger charge is 2.32. The van der Waals surface area contributed by atoms with Crippen LogP contribution in [0.25, 0.3) is 11.1 Å². The molecule has 1 aromatic heterocycles. The minimum atomic E-state index is -0.477. The second-order valence-corrected chi connectivity index (χ2v) is 9.85. The lowest BCUT2D eigenvalue weighted by molar-refractivity contribution is -0.245. The topological polar surface area (TPSA) is 77.6 Å². The summed E-state index contributed by atoms with van der Waals surface area (Å²) in [7, 11) is 0. The minimum absolute atomic E-state index is 0.00378. The molecule has 1 saturated heterocycles. The fourth-order valence-corrected chi connectivity index (χ4v) is 5.31. The maximum absolute atomic E-state index is 9.42. The van der Waals surface area contributed by atoms with Crippen LogP contribution in [0, 0.1) is 0 Å². The molecule has 0 amide bonds. The van der Waals surface area contributed by atoms with Crippen LogP contribution in [-0.4, -0.2) is 21.9 Å². The van der Waals surface area contributed by atoms with Gasteiger partial charge < -0.3 is 20.3 Å². The van der Waals surface area contributed by atoms with Crippen molar-refractivity contribution in [1.29, 1.82) is 0 Å². The van der Waals surface area contributed by atoms with E-state index in [0.717, 1.165) is 50.6 Å². The molecule has 0 aliphatic carbocycles. The molecule has 5 rings (SSSR count). The van der Waals surface area contributed by atoms with Gasteiger partial charge in [0.05, 0.1) is 23.8 Å². The first-order valence-electron chi connectivity index (χ1n) is 12.2. The Balaban J connectivity index is 1.37. The number of ether oxygens (including phenoxy) is 2. The fourth-order valence-electron chi connectivity index (χ4n) is 4.43. The molecule has 3 aromatic carbocycles. The van der Waals surface area contributed by atoms with Crippen LogP contribution >= 0.6 is 11.8 Å². The van der Waals surface area contributed by atoms with Gasteiger partial charge >= 0.3 is 0 Å². The average molecular weight is 499 g/mol. The summed E-state index contributed by atoms with van der Waals surface area (Å²) in [5.41, 5.74) is 12.3. The molecule has 0 radical (unpaired) electrons. The molecule has 36 heavy (non-hydrogen) atoms. The van der Waals surface area contributed by atoms with Gasteiger partial charge in [-0.1, -0.05) is 78.9 Å². The summed E-state index contributed by atoms with van der Waals surface area (Å²) in [6.45, 7) is 0.527. The lowest BCUT2D eigenvalue weighted by Crippen LogP contribution is -2.31. The molecule has 3 atom stereocenters. The SMILES string of the molecule is NCc1ccccc1-c1ccc(C2OC(CSc3ccccn3)CC(c3ccc(CO)cc3)O2)cc1. The van der Waals surface area contributed by atoms with E-state index in [2.05, 4.69) is 41.4 Å². The quantitative estimate of drug-likeness (QED) is 0.289. The number of pyridine rings is 1. The van der Waals surface area contributed by atoms with E-state index in [9.17, 15) is 5.11 Å². The summed E-state index contributed by atoms with van der Waals surface area (Å²) in [6.07, 6.45) is 1.97. The maximum Gasteiger partial charge on any atom is 0.184 e. The van der Waals surface area contributed by atoms with Crippen LogP contribution in [0.4, 0.5) is 0 Å². The summed E-state index contributed by atoms with van der Waals surface area (Å²) in [4.78, 5) is 4.43. The van der Waals surface area contributed by atoms with Crippen molar-refractivity contribution >= 4 is 11.8 Å². The Morgan fingerprint density at radius 2 is 1.61 bits per heavy atom. The zero-order valence-electron chi connectivity index (χ0n) is 20.0. The van der Waals surface area contributed by atoms with Crippen LogP contribution in [-0.2, 0) is 22.6 Å². The number of nitrogens with two attached hydrogens (primary N) is 1. The first kappa shape index (κ1) is 24.7. The molecular weight excluding hydrogens is 468 g/mol. The van der Waals surface area contributed by atoms with Gasteiger partial charge in [0.25, 0.3) is 0 Å². The molecule has 1 aliphatic heterocycles. The molecule has 1 aliphatic rings. The smallest absolute Gasteiger partial charge is 0.184 e. The van der Waals surface area contributed by atoms with Gasteiger partial charge in [-0.25, -0.2) is 4.98 Å². The van der Waals surface area contributed by atoms with Crippen LogP contribution in [0.15, 0.2) is 102 Å². The molecule has 6 heteroatoms. The van der Waals surface area contributed by atoms with Gasteiger partial charge in [0.1, 0.15) is 0 Å². The number of benzene rings is 3. The molecule has 5 nitrogen and oxygen atoms in total. The van der Waals surface area contributed by atoms with E-state index < -0.39 is 6.29 Å². The highest BCUT2D eigenvalue weighted by Crippen LogP contribution is 2.39. The van der Waals surface area contributed by atoms with Crippen molar-refractivity contribution in [2.24, 2.45) is 5.73 Å². The maximum atomic E-state index is 9.42. The molecule has 3 N–H and O–H groups in total. The number of rotatable bonds is 8. The third kappa shape index (κ3) is 5.86. The van der Waals surface area contributed by atoms with Crippen molar-refractivity contribution in [2.45, 2.75) is 43.1 Å². The monoisotopic (exact) mass is 498 g/mol. The molecule has 4 aromatic rings. The van der Waals surface area contributed by atoms with E-state index in [0.29, 0.717) is 6.54 Å². The number of hydrogen-bond donors (Lipinski definition) is 2. The fraction of sp³-hybridized carbons (Fsp3) is 0.233. The largest absolute Gasteiger partial charge is 0.392 e. The molecule has 0 bridgehead atoms. The van der Waals surface area contributed by atoms with Crippen LogP contribution in [0.5, 0.6) is 0 Å². The molecule has 2 heterocycles. The van der Waals surface area contributed by atoms with Crippen molar-refractivity contribution < 1.29 is 14.6 Å². The Bertz CT molecular complexity index is 1250. The van der Waals surface area contributed by atoms with Gasteiger partial charge in [0.15, 0.2) is 6.29 Å². The number of thioether (sulfide) groups is 1. The first-order chi connectivity index (χ1) is 17.7. The zero-order valence-corrected chi connectivity index (χ0v) is 20.8. The van der Waals surface area contributed by atoms with Crippen LogP contribution in [0.2, 0.25) is 0 Å². The van der Waals surface area contributed by atoms with Crippen molar-refractivity contribution in [3.63, 3.8) is 0 Å². The molecule has 1 fully saturated rings. The second kappa shape index (κ2) is 11.8. The van der Waals surface area contributed by atoms with Crippen molar-refractivity contribution in [1.82, 2.24) is 4.98 Å². The van der Waals surface area contributed by atoms with Gasteiger partial charge in [-0.3, -0.25) is 0 Å². The summed E-state index contributed by atoms with van der Waals surface area (Å²) in [5.74, 6) is 0.782. The lowest BCUT2D eigenvalue weighted by Gasteiger charge is -2.36. The van der Waals surface area contributed by atoms with E-state index in [1.165, 1.54) is 0 Å². The minimum Gasteiger partial charge on any atom is -0.392 e. The number of aliphatic hydroxyl groups excluding tert-OH is 1. The lowest BCUT2D eigenvalue weighted by atomic mass is 9.98. The summed E-state index contributed by atoms with van der Waals surface area (Å²) in [5, 5.41) is 10.4. The van der Waals surface area contributed by atoms with Gasteiger partial charge in [0.2, 0.25) is 0 Å². The van der Waals surface area contributed by atoms with E-state index in [-0.39, 0.29) is 18.8 Å². The second-order valence-electron chi connectivity index (χ2n) is 8.81. The number of hydrogen-bond acceptors (Lipinski definition) is 6. The summed E-state index contributed by atoms with van der Waals surface area (Å²) >= 11 is 1.69. The Kier molecular flexibility index (Phi) is 8.11. The predicted molar refractivity (Wildman–Crippen MR) is 143 cm³/mol.